The maximum Gasteiger partial charge on any atom is 0.253 e. The van der Waals surface area contributed by atoms with Gasteiger partial charge in [0.05, 0.1) is 0 Å². The first-order chi connectivity index (χ1) is 9.70. The molecule has 0 unspecified atom stereocenters. The Morgan fingerprint density at radius 2 is 1.75 bits per heavy atom. The van der Waals surface area contributed by atoms with Crippen molar-refractivity contribution in [3.8, 4) is 0 Å². The van der Waals surface area contributed by atoms with Crippen molar-refractivity contribution in [1.82, 2.24) is 4.90 Å². The van der Waals surface area contributed by atoms with E-state index in [9.17, 15) is 4.79 Å². The largest absolute Gasteiger partial charge is 0.337 e. The standard InChI is InChI=1S/C17H20N2O/c1-19(13-15-6-3-2-4-7-15)17(20)16-9-5-8-14(12-16)10-11-18/h2-9,12H,10-11,13,18H2,1H3. The van der Waals surface area contributed by atoms with Gasteiger partial charge in [-0.2, -0.15) is 0 Å². The summed E-state index contributed by atoms with van der Waals surface area (Å²) in [6, 6.07) is 17.7. The van der Waals surface area contributed by atoms with Gasteiger partial charge in [0.15, 0.2) is 0 Å². The molecule has 0 aliphatic carbocycles. The molecule has 2 aromatic rings. The van der Waals surface area contributed by atoms with Crippen LogP contribution < -0.4 is 5.73 Å². The normalized spacial score (nSPS) is 10.3. The van der Waals surface area contributed by atoms with Crippen LogP contribution in [-0.4, -0.2) is 24.4 Å². The lowest BCUT2D eigenvalue weighted by atomic mass is 10.1. The van der Waals surface area contributed by atoms with Crippen molar-refractivity contribution in [2.75, 3.05) is 13.6 Å². The van der Waals surface area contributed by atoms with E-state index >= 15 is 0 Å². The van der Waals surface area contributed by atoms with Gasteiger partial charge in [-0.05, 0) is 36.2 Å². The van der Waals surface area contributed by atoms with Crippen molar-refractivity contribution in [3.63, 3.8) is 0 Å². The molecule has 2 N–H and O–H groups in total. The third-order valence-electron chi connectivity index (χ3n) is 3.22. The predicted molar refractivity (Wildman–Crippen MR) is 81.4 cm³/mol. The molecule has 104 valence electrons. The molecule has 2 rings (SSSR count). The molecule has 0 aliphatic rings. The summed E-state index contributed by atoms with van der Waals surface area (Å²) in [4.78, 5) is 14.1. The van der Waals surface area contributed by atoms with Crippen LogP contribution in [0.5, 0.6) is 0 Å². The summed E-state index contributed by atoms with van der Waals surface area (Å²) >= 11 is 0. The summed E-state index contributed by atoms with van der Waals surface area (Å²) in [5.74, 6) is 0.0349. The monoisotopic (exact) mass is 268 g/mol. The van der Waals surface area contributed by atoms with Gasteiger partial charge in [-0.3, -0.25) is 4.79 Å². The van der Waals surface area contributed by atoms with Crippen molar-refractivity contribution in [2.24, 2.45) is 5.73 Å². The number of hydrogen-bond acceptors (Lipinski definition) is 2. The number of benzene rings is 2. The van der Waals surface area contributed by atoms with E-state index in [0.29, 0.717) is 13.1 Å². The molecule has 3 nitrogen and oxygen atoms in total. The van der Waals surface area contributed by atoms with E-state index in [1.807, 2.05) is 61.6 Å². The number of nitrogens with zero attached hydrogens (tertiary/aromatic N) is 1. The molecule has 0 fully saturated rings. The molecule has 0 saturated carbocycles. The lowest BCUT2D eigenvalue weighted by Crippen LogP contribution is -2.26. The molecule has 1 amide bonds. The third kappa shape index (κ3) is 3.68. The number of amides is 1. The summed E-state index contributed by atoms with van der Waals surface area (Å²) in [6.07, 6.45) is 0.795. The highest BCUT2D eigenvalue weighted by molar-refractivity contribution is 5.94. The van der Waals surface area contributed by atoms with Gasteiger partial charge >= 0.3 is 0 Å². The van der Waals surface area contributed by atoms with Crippen LogP contribution >= 0.6 is 0 Å². The van der Waals surface area contributed by atoms with Gasteiger partial charge in [0.25, 0.3) is 5.91 Å². The van der Waals surface area contributed by atoms with Gasteiger partial charge in [-0.25, -0.2) is 0 Å². The van der Waals surface area contributed by atoms with Gasteiger partial charge in [0, 0.05) is 19.2 Å². The topological polar surface area (TPSA) is 46.3 Å². The van der Waals surface area contributed by atoms with Gasteiger partial charge in [-0.15, -0.1) is 0 Å². The Labute approximate surface area is 120 Å². The lowest BCUT2D eigenvalue weighted by Gasteiger charge is -2.17. The van der Waals surface area contributed by atoms with Crippen molar-refractivity contribution in [2.45, 2.75) is 13.0 Å². The van der Waals surface area contributed by atoms with Gasteiger partial charge < -0.3 is 10.6 Å². The fourth-order valence-corrected chi connectivity index (χ4v) is 2.18. The van der Waals surface area contributed by atoms with E-state index in [4.69, 9.17) is 5.73 Å². The number of rotatable bonds is 5. The van der Waals surface area contributed by atoms with Crippen molar-refractivity contribution >= 4 is 5.91 Å². The zero-order valence-corrected chi connectivity index (χ0v) is 11.8. The van der Waals surface area contributed by atoms with Crippen LogP contribution in [0.4, 0.5) is 0 Å². The minimum Gasteiger partial charge on any atom is -0.337 e. The number of nitrogens with two attached hydrogens (primary N) is 1. The third-order valence-corrected chi connectivity index (χ3v) is 3.22. The van der Waals surface area contributed by atoms with E-state index < -0.39 is 0 Å². The first kappa shape index (κ1) is 14.3. The molecule has 0 spiro atoms. The van der Waals surface area contributed by atoms with Crippen LogP contribution in [0.3, 0.4) is 0 Å². The Morgan fingerprint density at radius 3 is 2.45 bits per heavy atom. The highest BCUT2D eigenvalue weighted by Crippen LogP contribution is 2.11. The summed E-state index contributed by atoms with van der Waals surface area (Å²) in [6.45, 7) is 1.21. The van der Waals surface area contributed by atoms with Crippen molar-refractivity contribution < 1.29 is 4.79 Å². The second kappa shape index (κ2) is 6.87. The van der Waals surface area contributed by atoms with Gasteiger partial charge in [-0.1, -0.05) is 42.5 Å². The molecule has 3 heteroatoms. The number of hydrogen-bond donors (Lipinski definition) is 1. The fourth-order valence-electron chi connectivity index (χ4n) is 2.18. The van der Waals surface area contributed by atoms with E-state index in [0.717, 1.165) is 23.1 Å². The maximum atomic E-state index is 12.4. The predicted octanol–water partition coefficient (Wildman–Crippen LogP) is 2.46. The smallest absolute Gasteiger partial charge is 0.253 e. The van der Waals surface area contributed by atoms with Crippen LogP contribution in [0.2, 0.25) is 0 Å². The molecular formula is C17H20N2O. The summed E-state index contributed by atoms with van der Waals surface area (Å²) < 4.78 is 0. The Morgan fingerprint density at radius 1 is 1.05 bits per heavy atom. The lowest BCUT2D eigenvalue weighted by molar-refractivity contribution is 0.0785. The second-order valence-corrected chi connectivity index (χ2v) is 4.89. The van der Waals surface area contributed by atoms with E-state index in [1.165, 1.54) is 0 Å². The van der Waals surface area contributed by atoms with Crippen LogP contribution in [0.1, 0.15) is 21.5 Å². The highest BCUT2D eigenvalue weighted by atomic mass is 16.2. The summed E-state index contributed by atoms with van der Waals surface area (Å²) in [5, 5.41) is 0. The van der Waals surface area contributed by atoms with Gasteiger partial charge in [0.2, 0.25) is 0 Å². The molecular weight excluding hydrogens is 248 g/mol. The zero-order chi connectivity index (χ0) is 14.4. The highest BCUT2D eigenvalue weighted by Gasteiger charge is 2.12. The van der Waals surface area contributed by atoms with E-state index in [1.54, 1.807) is 4.90 Å². The average Bonchev–Trinajstić information content (AvgIpc) is 2.48. The number of carbonyl (C=O) groups excluding carboxylic acids is 1. The summed E-state index contributed by atoms with van der Waals surface area (Å²) in [7, 11) is 1.82. The van der Waals surface area contributed by atoms with Gasteiger partial charge in [0.1, 0.15) is 0 Å². The zero-order valence-electron chi connectivity index (χ0n) is 11.8. The molecule has 0 heterocycles. The molecule has 0 aliphatic heterocycles. The first-order valence-electron chi connectivity index (χ1n) is 6.79. The SMILES string of the molecule is CN(Cc1ccccc1)C(=O)c1cccc(CCN)c1. The Hall–Kier alpha value is -2.13. The molecule has 0 radical (unpaired) electrons. The Kier molecular flexibility index (Phi) is 4.91. The fraction of sp³-hybridized carbons (Fsp3) is 0.235. The minimum atomic E-state index is 0.0349. The van der Waals surface area contributed by atoms with Crippen LogP contribution in [-0.2, 0) is 13.0 Å². The second-order valence-electron chi connectivity index (χ2n) is 4.89. The molecule has 0 atom stereocenters. The summed E-state index contributed by atoms with van der Waals surface area (Å²) in [5.41, 5.74) is 8.50. The maximum absolute atomic E-state index is 12.4. The molecule has 0 aromatic heterocycles. The minimum absolute atomic E-state index is 0.0349. The van der Waals surface area contributed by atoms with E-state index in [2.05, 4.69) is 0 Å². The Bertz CT molecular complexity index is 566. The first-order valence-corrected chi connectivity index (χ1v) is 6.79. The van der Waals surface area contributed by atoms with Crippen LogP contribution in [0.25, 0.3) is 0 Å². The molecule has 0 saturated heterocycles. The molecule has 0 bridgehead atoms. The molecule has 20 heavy (non-hydrogen) atoms. The Balaban J connectivity index is 2.08. The quantitative estimate of drug-likeness (QED) is 0.905. The van der Waals surface area contributed by atoms with Crippen LogP contribution in [0, 0.1) is 0 Å². The number of carbonyl (C=O) groups is 1. The molecule has 2 aromatic carbocycles. The van der Waals surface area contributed by atoms with E-state index in [-0.39, 0.29) is 5.91 Å². The average molecular weight is 268 g/mol. The van der Waals surface area contributed by atoms with Crippen molar-refractivity contribution in [3.05, 3.63) is 71.3 Å². The van der Waals surface area contributed by atoms with Crippen LogP contribution in [0.15, 0.2) is 54.6 Å². The van der Waals surface area contributed by atoms with Crippen molar-refractivity contribution in [1.29, 1.82) is 0 Å².